The second-order valence-corrected chi connectivity index (χ2v) is 8.17. The Balaban J connectivity index is 1.48. The summed E-state index contributed by atoms with van der Waals surface area (Å²) in [6, 6.07) is 9.11. The summed E-state index contributed by atoms with van der Waals surface area (Å²) >= 11 is 0. The van der Waals surface area contributed by atoms with Crippen molar-refractivity contribution in [2.24, 2.45) is 4.99 Å². The lowest BCUT2D eigenvalue weighted by atomic mass is 10.1. The van der Waals surface area contributed by atoms with Crippen LogP contribution in [0.1, 0.15) is 31.0 Å². The number of piperidine rings is 1. The fraction of sp³-hybridized carbons (Fsp3) is 0.389. The largest absolute Gasteiger partial charge is 0.356 e. The molecule has 26 heavy (non-hydrogen) atoms. The van der Waals surface area contributed by atoms with Crippen molar-refractivity contribution in [2.75, 3.05) is 18.0 Å². The van der Waals surface area contributed by atoms with Crippen LogP contribution in [0.2, 0.25) is 0 Å². The minimum Gasteiger partial charge on any atom is -0.356 e. The molecule has 0 atom stereocenters. The number of rotatable bonds is 3. The molecule has 0 bridgehead atoms. The minimum atomic E-state index is -3.48. The Morgan fingerprint density at radius 1 is 1.23 bits per heavy atom. The Morgan fingerprint density at radius 3 is 2.77 bits per heavy atom. The van der Waals surface area contributed by atoms with Gasteiger partial charge in [0.2, 0.25) is 0 Å². The monoisotopic (exact) mass is 371 g/mol. The number of nitrogens with zero attached hydrogens (tertiary/aromatic N) is 4. The van der Waals surface area contributed by atoms with Crippen molar-refractivity contribution in [1.82, 2.24) is 14.7 Å². The smallest absolute Gasteiger partial charge is 0.263 e. The molecule has 1 saturated heterocycles. The van der Waals surface area contributed by atoms with Crippen LogP contribution in [0.5, 0.6) is 0 Å². The number of aromatic nitrogens is 2. The van der Waals surface area contributed by atoms with E-state index in [0.717, 1.165) is 43.9 Å². The summed E-state index contributed by atoms with van der Waals surface area (Å²) in [5, 5.41) is 0. The highest BCUT2D eigenvalue weighted by Gasteiger charge is 2.31. The number of hydrogen-bond donors (Lipinski definition) is 1. The molecule has 0 spiro atoms. The molecule has 0 amide bonds. The van der Waals surface area contributed by atoms with Crippen LogP contribution < -0.4 is 9.62 Å². The van der Waals surface area contributed by atoms with Crippen molar-refractivity contribution in [2.45, 2.75) is 37.1 Å². The zero-order chi connectivity index (χ0) is 18.1. The molecule has 4 rings (SSSR count). The van der Waals surface area contributed by atoms with Gasteiger partial charge < -0.3 is 4.90 Å². The third-order valence-electron chi connectivity index (χ3n) is 4.83. The van der Waals surface area contributed by atoms with Crippen LogP contribution >= 0.6 is 0 Å². The van der Waals surface area contributed by atoms with Gasteiger partial charge in [-0.3, -0.25) is 9.71 Å². The van der Waals surface area contributed by atoms with Crippen LogP contribution in [0.4, 0.5) is 5.82 Å². The molecule has 1 aromatic heterocycles. The number of hydrogen-bond acceptors (Lipinski definition) is 6. The minimum absolute atomic E-state index is 0.0996. The van der Waals surface area contributed by atoms with Crippen LogP contribution in [0.25, 0.3) is 0 Å². The van der Waals surface area contributed by atoms with E-state index in [1.807, 2.05) is 12.1 Å². The molecule has 0 saturated carbocycles. The standard InChI is InChI=1S/C18H21N5O2S/c1-2-13-11-17(20-12-19-13)23-9-7-14(8-10-23)21-18-15-5-3-4-6-16(15)26(24,25)22-18/h3-6,11-12,14H,2,7-10H2,1H3,(H,21,22). The Kier molecular flexibility index (Phi) is 4.36. The van der Waals surface area contributed by atoms with Crippen molar-refractivity contribution in [3.8, 4) is 0 Å². The van der Waals surface area contributed by atoms with E-state index in [9.17, 15) is 8.42 Å². The second kappa shape index (κ2) is 6.68. The van der Waals surface area contributed by atoms with Gasteiger partial charge in [-0.25, -0.2) is 18.4 Å². The molecule has 2 aromatic rings. The molecule has 1 aromatic carbocycles. The van der Waals surface area contributed by atoms with Gasteiger partial charge in [0.15, 0.2) is 0 Å². The molecule has 8 heteroatoms. The van der Waals surface area contributed by atoms with Gasteiger partial charge in [0.05, 0.1) is 10.9 Å². The Hall–Kier alpha value is -2.48. The summed E-state index contributed by atoms with van der Waals surface area (Å²) in [7, 11) is -3.48. The third kappa shape index (κ3) is 3.16. The zero-order valence-electron chi connectivity index (χ0n) is 14.6. The number of aliphatic imine (C=N–C) groups is 1. The summed E-state index contributed by atoms with van der Waals surface area (Å²) in [4.78, 5) is 15.9. The van der Waals surface area contributed by atoms with E-state index in [1.165, 1.54) is 0 Å². The topological polar surface area (TPSA) is 87.5 Å². The highest BCUT2D eigenvalue weighted by atomic mass is 32.2. The van der Waals surface area contributed by atoms with E-state index in [-0.39, 0.29) is 6.04 Å². The maximum absolute atomic E-state index is 12.2. The van der Waals surface area contributed by atoms with E-state index >= 15 is 0 Å². The molecule has 0 unspecified atom stereocenters. The maximum Gasteiger partial charge on any atom is 0.263 e. The molecule has 2 aliphatic heterocycles. The lowest BCUT2D eigenvalue weighted by Gasteiger charge is -2.31. The Bertz CT molecular complexity index is 950. The first kappa shape index (κ1) is 17.0. The van der Waals surface area contributed by atoms with Crippen molar-refractivity contribution < 1.29 is 8.42 Å². The number of sulfonamides is 1. The van der Waals surface area contributed by atoms with Gasteiger partial charge in [0.25, 0.3) is 10.0 Å². The number of benzene rings is 1. The summed E-state index contributed by atoms with van der Waals surface area (Å²) in [6.45, 7) is 3.76. The average Bonchev–Trinajstić information content (AvgIpc) is 2.93. The third-order valence-corrected chi connectivity index (χ3v) is 6.23. The molecule has 0 radical (unpaired) electrons. The highest BCUT2D eigenvalue weighted by Crippen LogP contribution is 2.25. The number of amidine groups is 1. The zero-order valence-corrected chi connectivity index (χ0v) is 15.4. The van der Waals surface area contributed by atoms with E-state index in [0.29, 0.717) is 16.3 Å². The van der Waals surface area contributed by atoms with Crippen LogP contribution in [0.3, 0.4) is 0 Å². The van der Waals surface area contributed by atoms with Crippen molar-refractivity contribution in [3.05, 3.63) is 47.9 Å². The molecule has 136 valence electrons. The molecule has 1 fully saturated rings. The number of nitrogens with one attached hydrogen (secondary N) is 1. The first-order valence-electron chi connectivity index (χ1n) is 8.82. The van der Waals surface area contributed by atoms with E-state index < -0.39 is 10.0 Å². The molecule has 3 heterocycles. The SMILES string of the molecule is CCc1cc(N2CCC(N=C3NS(=O)(=O)c4ccccc43)CC2)ncn1. The second-order valence-electron chi connectivity index (χ2n) is 6.52. The molecule has 0 aliphatic carbocycles. The van der Waals surface area contributed by atoms with Crippen molar-refractivity contribution in [3.63, 3.8) is 0 Å². The lowest BCUT2D eigenvalue weighted by molar-refractivity contribution is 0.500. The van der Waals surface area contributed by atoms with Crippen LogP contribution in [-0.4, -0.2) is 43.4 Å². The molecular formula is C18H21N5O2S. The normalized spacial score (nSPS) is 20.8. The molecular weight excluding hydrogens is 350 g/mol. The maximum atomic E-state index is 12.2. The summed E-state index contributed by atoms with van der Waals surface area (Å²) in [5.74, 6) is 1.42. The van der Waals surface area contributed by atoms with Gasteiger partial charge in [0.1, 0.15) is 18.0 Å². The first-order valence-corrected chi connectivity index (χ1v) is 10.3. The summed E-state index contributed by atoms with van der Waals surface area (Å²) in [5.41, 5.74) is 1.70. The van der Waals surface area contributed by atoms with Gasteiger partial charge >= 0.3 is 0 Å². The van der Waals surface area contributed by atoms with Gasteiger partial charge in [-0.1, -0.05) is 19.1 Å². The number of aryl methyl sites for hydroxylation is 1. The fourth-order valence-electron chi connectivity index (χ4n) is 3.39. The van der Waals surface area contributed by atoms with E-state index in [4.69, 9.17) is 4.99 Å². The quantitative estimate of drug-likeness (QED) is 0.888. The fourth-order valence-corrected chi connectivity index (χ4v) is 4.63. The summed E-state index contributed by atoms with van der Waals surface area (Å²) in [6.07, 6.45) is 4.22. The molecule has 1 N–H and O–H groups in total. The molecule has 2 aliphatic rings. The predicted octanol–water partition coefficient (Wildman–Crippen LogP) is 1.75. The van der Waals surface area contributed by atoms with E-state index in [1.54, 1.807) is 24.5 Å². The highest BCUT2D eigenvalue weighted by molar-refractivity contribution is 7.90. The van der Waals surface area contributed by atoms with Crippen LogP contribution in [0, 0.1) is 0 Å². The van der Waals surface area contributed by atoms with Gasteiger partial charge in [-0.15, -0.1) is 0 Å². The predicted molar refractivity (Wildman–Crippen MR) is 99.9 cm³/mol. The van der Waals surface area contributed by atoms with E-state index in [2.05, 4.69) is 26.5 Å². The van der Waals surface area contributed by atoms with Gasteiger partial charge in [0, 0.05) is 30.4 Å². The van der Waals surface area contributed by atoms with Crippen LogP contribution in [-0.2, 0) is 16.4 Å². The van der Waals surface area contributed by atoms with Gasteiger partial charge in [-0.2, -0.15) is 0 Å². The average molecular weight is 371 g/mol. The Labute approximate surface area is 153 Å². The Morgan fingerprint density at radius 2 is 2.00 bits per heavy atom. The summed E-state index contributed by atoms with van der Waals surface area (Å²) < 4.78 is 27.0. The number of fused-ring (bicyclic) bond motifs is 1. The van der Waals surface area contributed by atoms with Crippen molar-refractivity contribution in [1.29, 1.82) is 0 Å². The van der Waals surface area contributed by atoms with Gasteiger partial charge in [-0.05, 0) is 31.4 Å². The van der Waals surface area contributed by atoms with Crippen molar-refractivity contribution >= 4 is 21.7 Å². The lowest BCUT2D eigenvalue weighted by Crippen LogP contribution is -2.37. The molecule has 7 nitrogen and oxygen atoms in total. The number of anilines is 1. The van der Waals surface area contributed by atoms with Crippen LogP contribution in [0.15, 0.2) is 46.5 Å². The first-order chi connectivity index (χ1) is 12.6.